The summed E-state index contributed by atoms with van der Waals surface area (Å²) < 4.78 is 5.13. The average Bonchev–Trinajstić information content (AvgIpc) is 3.26. The molecule has 0 radical (unpaired) electrons. The van der Waals surface area contributed by atoms with Crippen LogP contribution in [0.2, 0.25) is 0 Å². The monoisotopic (exact) mass is 283 g/mol. The minimum absolute atomic E-state index is 0.0800. The van der Waals surface area contributed by atoms with E-state index >= 15 is 0 Å². The predicted molar refractivity (Wildman–Crippen MR) is 79.7 cm³/mol. The zero-order chi connectivity index (χ0) is 14.8. The fraction of sp³-hybridized carbons (Fsp3) is 0.933. The van der Waals surface area contributed by atoms with Crippen molar-refractivity contribution >= 4 is 5.97 Å². The topological polar surface area (TPSA) is 44.8 Å². The number of carbonyl (C=O) groups excluding carboxylic acids is 1. The second-order valence-corrected chi connectivity index (χ2v) is 6.70. The number of ether oxygens (including phenoxy) is 1. The van der Waals surface area contributed by atoms with Gasteiger partial charge >= 0.3 is 5.97 Å². The average molecular weight is 283 g/mol. The Hall–Kier alpha value is -0.650. The predicted octanol–water partition coefficient (Wildman–Crippen LogP) is 0.554. The van der Waals surface area contributed by atoms with Gasteiger partial charge in [-0.25, -0.2) is 4.79 Å². The first kappa shape index (κ1) is 15.7. The van der Waals surface area contributed by atoms with Crippen LogP contribution in [-0.4, -0.2) is 75.2 Å². The van der Waals surface area contributed by atoms with E-state index in [9.17, 15) is 4.79 Å². The Morgan fingerprint density at radius 2 is 1.85 bits per heavy atom. The molecule has 0 aliphatic heterocycles. The highest BCUT2D eigenvalue weighted by molar-refractivity contribution is 5.82. The van der Waals surface area contributed by atoms with Crippen LogP contribution in [0.5, 0.6) is 0 Å². The fourth-order valence-corrected chi connectivity index (χ4v) is 2.81. The summed E-state index contributed by atoms with van der Waals surface area (Å²) in [5, 5.41) is 3.61. The van der Waals surface area contributed by atoms with E-state index in [1.165, 1.54) is 20.0 Å². The van der Waals surface area contributed by atoms with Crippen molar-refractivity contribution in [2.24, 2.45) is 5.92 Å². The second kappa shape index (κ2) is 6.41. The van der Waals surface area contributed by atoms with E-state index in [4.69, 9.17) is 4.74 Å². The highest BCUT2D eigenvalue weighted by Crippen LogP contribution is 2.42. The Kier molecular flexibility index (Phi) is 5.04. The molecule has 2 aliphatic rings. The van der Waals surface area contributed by atoms with Gasteiger partial charge in [0.15, 0.2) is 0 Å². The van der Waals surface area contributed by atoms with Crippen LogP contribution < -0.4 is 5.32 Å². The maximum Gasteiger partial charge on any atom is 0.327 e. The number of rotatable bonds is 9. The van der Waals surface area contributed by atoms with Gasteiger partial charge in [0.2, 0.25) is 0 Å². The normalized spacial score (nSPS) is 22.1. The molecule has 0 bridgehead atoms. The summed E-state index contributed by atoms with van der Waals surface area (Å²) >= 11 is 0. The number of nitrogens with zero attached hydrogens (tertiary/aromatic N) is 2. The van der Waals surface area contributed by atoms with Crippen molar-refractivity contribution in [1.82, 2.24) is 15.1 Å². The van der Waals surface area contributed by atoms with Crippen molar-refractivity contribution in [2.75, 3.05) is 47.9 Å². The number of esters is 1. The molecule has 1 unspecified atom stereocenters. The molecule has 2 rings (SSSR count). The van der Waals surface area contributed by atoms with Crippen molar-refractivity contribution in [2.45, 2.75) is 37.3 Å². The zero-order valence-electron chi connectivity index (χ0n) is 13.3. The summed E-state index contributed by atoms with van der Waals surface area (Å²) in [6.45, 7) is 2.71. The molecule has 2 saturated carbocycles. The first-order chi connectivity index (χ1) is 9.48. The molecular formula is C15H29N3O2. The van der Waals surface area contributed by atoms with Gasteiger partial charge in [-0.05, 0) is 52.7 Å². The summed E-state index contributed by atoms with van der Waals surface area (Å²) in [5.41, 5.74) is -0.489. The van der Waals surface area contributed by atoms with Crippen molar-refractivity contribution in [3.8, 4) is 0 Å². The molecule has 0 amide bonds. The van der Waals surface area contributed by atoms with Crippen molar-refractivity contribution in [3.63, 3.8) is 0 Å². The lowest BCUT2D eigenvalue weighted by atomic mass is 9.92. The van der Waals surface area contributed by atoms with Gasteiger partial charge in [0.1, 0.15) is 5.54 Å². The molecule has 0 aromatic carbocycles. The van der Waals surface area contributed by atoms with Crippen LogP contribution >= 0.6 is 0 Å². The van der Waals surface area contributed by atoms with Gasteiger partial charge in [-0.15, -0.1) is 0 Å². The number of likely N-dealkylation sites (N-methyl/N-ethyl adjacent to an activating group) is 2. The van der Waals surface area contributed by atoms with Gasteiger partial charge in [0.25, 0.3) is 0 Å². The number of carbonyl (C=O) groups is 1. The van der Waals surface area contributed by atoms with Gasteiger partial charge in [-0.3, -0.25) is 5.32 Å². The maximum atomic E-state index is 12.4. The first-order valence-corrected chi connectivity index (χ1v) is 7.67. The van der Waals surface area contributed by atoms with Crippen LogP contribution in [0.3, 0.4) is 0 Å². The fourth-order valence-electron chi connectivity index (χ4n) is 2.81. The third-order valence-electron chi connectivity index (χ3n) is 4.31. The Morgan fingerprint density at radius 1 is 1.20 bits per heavy atom. The minimum Gasteiger partial charge on any atom is -0.468 e. The lowest BCUT2D eigenvalue weighted by molar-refractivity contribution is -0.150. The van der Waals surface area contributed by atoms with Gasteiger partial charge in [0, 0.05) is 25.7 Å². The Balaban J connectivity index is 2.02. The molecule has 0 aromatic heterocycles. The third kappa shape index (κ3) is 3.93. The van der Waals surface area contributed by atoms with Gasteiger partial charge in [-0.2, -0.15) is 0 Å². The third-order valence-corrected chi connectivity index (χ3v) is 4.31. The Labute approximate surface area is 122 Å². The Bertz CT molecular complexity index is 340. The SMILES string of the molecule is COC(=O)C(CN(C)CCN(C)C)(NC1CC1)C1CC1. The van der Waals surface area contributed by atoms with E-state index in [0.717, 1.165) is 32.5 Å². The molecule has 0 aromatic rings. The molecule has 5 heteroatoms. The molecule has 1 N–H and O–H groups in total. The molecule has 20 heavy (non-hydrogen) atoms. The molecule has 0 heterocycles. The van der Waals surface area contributed by atoms with Crippen LogP contribution in [0.25, 0.3) is 0 Å². The Morgan fingerprint density at radius 3 is 2.30 bits per heavy atom. The van der Waals surface area contributed by atoms with E-state index < -0.39 is 5.54 Å². The second-order valence-electron chi connectivity index (χ2n) is 6.70. The molecule has 2 fully saturated rings. The minimum atomic E-state index is -0.489. The van der Waals surface area contributed by atoms with Crippen LogP contribution in [-0.2, 0) is 9.53 Å². The maximum absolute atomic E-state index is 12.4. The number of hydrogen-bond acceptors (Lipinski definition) is 5. The molecule has 5 nitrogen and oxygen atoms in total. The smallest absolute Gasteiger partial charge is 0.327 e. The molecule has 0 spiro atoms. The highest BCUT2D eigenvalue weighted by Gasteiger charge is 2.54. The number of methoxy groups -OCH3 is 1. The van der Waals surface area contributed by atoms with E-state index in [1.807, 2.05) is 0 Å². The summed E-state index contributed by atoms with van der Waals surface area (Å²) in [7, 11) is 7.75. The molecule has 2 aliphatic carbocycles. The highest BCUT2D eigenvalue weighted by atomic mass is 16.5. The summed E-state index contributed by atoms with van der Waals surface area (Å²) in [4.78, 5) is 16.9. The molecular weight excluding hydrogens is 254 g/mol. The van der Waals surface area contributed by atoms with Gasteiger partial charge in [0.05, 0.1) is 7.11 Å². The molecule has 1 atom stereocenters. The van der Waals surface area contributed by atoms with Gasteiger partial charge < -0.3 is 14.5 Å². The number of hydrogen-bond donors (Lipinski definition) is 1. The van der Waals surface area contributed by atoms with Crippen molar-refractivity contribution in [1.29, 1.82) is 0 Å². The standard InChI is InChI=1S/C15H29N3O2/c1-17(2)9-10-18(3)11-15(12-5-6-12,14(19)20-4)16-13-7-8-13/h12-13,16H,5-11H2,1-4H3. The van der Waals surface area contributed by atoms with E-state index in [2.05, 4.69) is 36.3 Å². The van der Waals surface area contributed by atoms with Crippen LogP contribution in [0.4, 0.5) is 0 Å². The lowest BCUT2D eigenvalue weighted by Gasteiger charge is -2.36. The molecule has 116 valence electrons. The largest absolute Gasteiger partial charge is 0.468 e. The zero-order valence-corrected chi connectivity index (χ0v) is 13.3. The van der Waals surface area contributed by atoms with Crippen LogP contribution in [0.1, 0.15) is 25.7 Å². The van der Waals surface area contributed by atoms with Crippen molar-refractivity contribution in [3.05, 3.63) is 0 Å². The van der Waals surface area contributed by atoms with Gasteiger partial charge in [-0.1, -0.05) is 0 Å². The quantitative estimate of drug-likeness (QED) is 0.626. The van der Waals surface area contributed by atoms with E-state index in [0.29, 0.717) is 12.0 Å². The van der Waals surface area contributed by atoms with Crippen LogP contribution in [0.15, 0.2) is 0 Å². The number of nitrogens with one attached hydrogen (secondary N) is 1. The first-order valence-electron chi connectivity index (χ1n) is 7.67. The molecule has 0 saturated heterocycles. The summed E-state index contributed by atoms with van der Waals surface area (Å²) in [6.07, 6.45) is 4.65. The van der Waals surface area contributed by atoms with E-state index in [1.54, 1.807) is 0 Å². The summed E-state index contributed by atoms with van der Waals surface area (Å²) in [5.74, 6) is 0.362. The van der Waals surface area contributed by atoms with Crippen molar-refractivity contribution < 1.29 is 9.53 Å². The lowest BCUT2D eigenvalue weighted by Crippen LogP contribution is -2.61. The van der Waals surface area contributed by atoms with Crippen LogP contribution in [0, 0.1) is 5.92 Å². The van der Waals surface area contributed by atoms with E-state index in [-0.39, 0.29) is 5.97 Å². The summed E-state index contributed by atoms with van der Waals surface area (Å²) in [6, 6.07) is 0.511.